The highest BCUT2D eigenvalue weighted by Crippen LogP contribution is 2.31. The van der Waals surface area contributed by atoms with Crippen molar-refractivity contribution in [2.45, 2.75) is 18.6 Å². The van der Waals surface area contributed by atoms with E-state index in [1.54, 1.807) is 0 Å². The maximum Gasteiger partial charge on any atom is 0.238 e. The van der Waals surface area contributed by atoms with Crippen molar-refractivity contribution < 1.29 is 14.3 Å². The van der Waals surface area contributed by atoms with Crippen LogP contribution in [0.2, 0.25) is 0 Å². The van der Waals surface area contributed by atoms with Crippen molar-refractivity contribution in [2.24, 2.45) is 0 Å². The Balaban J connectivity index is 1.37. The number of nitrogens with one attached hydrogen (secondary N) is 1. The minimum atomic E-state index is -0.386. The van der Waals surface area contributed by atoms with Crippen LogP contribution in [0.15, 0.2) is 42.5 Å². The van der Waals surface area contributed by atoms with Gasteiger partial charge in [0, 0.05) is 37.0 Å². The zero-order valence-corrected chi connectivity index (χ0v) is 13.7. The van der Waals surface area contributed by atoms with Gasteiger partial charge in [0.2, 0.25) is 5.91 Å². The van der Waals surface area contributed by atoms with Crippen LogP contribution in [0.5, 0.6) is 0 Å². The highest BCUT2D eigenvalue weighted by Gasteiger charge is 2.39. The van der Waals surface area contributed by atoms with Gasteiger partial charge in [-0.1, -0.05) is 36.4 Å². The number of rotatable bonds is 3. The van der Waals surface area contributed by atoms with Crippen molar-refractivity contribution in [3.05, 3.63) is 42.5 Å². The summed E-state index contributed by atoms with van der Waals surface area (Å²) in [4.78, 5) is 14.6. The molecule has 5 heteroatoms. The monoisotopic (exact) mass is 326 g/mol. The second-order valence-corrected chi connectivity index (χ2v) is 6.46. The normalized spacial score (nSPS) is 20.5. The maximum absolute atomic E-state index is 12.4. The van der Waals surface area contributed by atoms with Crippen LogP contribution in [0.1, 0.15) is 12.8 Å². The molecule has 1 spiro atoms. The van der Waals surface area contributed by atoms with E-state index in [-0.39, 0.29) is 11.7 Å². The maximum atomic E-state index is 12.4. The first-order valence-corrected chi connectivity index (χ1v) is 8.52. The van der Waals surface area contributed by atoms with E-state index in [2.05, 4.69) is 22.3 Å². The van der Waals surface area contributed by atoms with Crippen LogP contribution in [0.25, 0.3) is 10.8 Å². The number of hydrogen-bond donors (Lipinski definition) is 1. The summed E-state index contributed by atoms with van der Waals surface area (Å²) in [5.74, 6) is -0.363. The zero-order chi connectivity index (χ0) is 16.4. The molecule has 24 heavy (non-hydrogen) atoms. The smallest absolute Gasteiger partial charge is 0.238 e. The molecule has 4 rings (SSSR count). The fourth-order valence-electron chi connectivity index (χ4n) is 3.56. The quantitative estimate of drug-likeness (QED) is 0.942. The molecule has 2 saturated heterocycles. The molecule has 2 aromatic rings. The van der Waals surface area contributed by atoms with Crippen molar-refractivity contribution in [1.82, 2.24) is 4.90 Å². The molecule has 0 aromatic heterocycles. The average molecular weight is 326 g/mol. The third kappa shape index (κ3) is 3.15. The SMILES string of the molecule is O=C(CN1CCC2(CC1)OCCO2)Nc1cccc2ccccc12. The second-order valence-electron chi connectivity index (χ2n) is 6.46. The van der Waals surface area contributed by atoms with Crippen LogP contribution in [-0.2, 0) is 14.3 Å². The Labute approximate surface area is 141 Å². The van der Waals surface area contributed by atoms with Crippen molar-refractivity contribution in [3.8, 4) is 0 Å². The molecule has 2 heterocycles. The van der Waals surface area contributed by atoms with Crippen LogP contribution >= 0.6 is 0 Å². The first kappa shape index (κ1) is 15.6. The molecular weight excluding hydrogens is 304 g/mol. The van der Waals surface area contributed by atoms with E-state index in [0.29, 0.717) is 19.8 Å². The molecule has 126 valence electrons. The first-order valence-electron chi connectivity index (χ1n) is 8.52. The minimum absolute atomic E-state index is 0.0237. The van der Waals surface area contributed by atoms with E-state index >= 15 is 0 Å². The van der Waals surface area contributed by atoms with E-state index in [0.717, 1.165) is 42.4 Å². The number of ether oxygens (including phenoxy) is 2. The number of piperidine rings is 1. The van der Waals surface area contributed by atoms with E-state index < -0.39 is 0 Å². The number of carbonyl (C=O) groups excluding carboxylic acids is 1. The van der Waals surface area contributed by atoms with Gasteiger partial charge in [-0.05, 0) is 11.5 Å². The first-order chi connectivity index (χ1) is 11.7. The van der Waals surface area contributed by atoms with Gasteiger partial charge in [0.25, 0.3) is 0 Å². The van der Waals surface area contributed by atoms with Gasteiger partial charge in [0.05, 0.1) is 19.8 Å². The molecular formula is C19H22N2O3. The van der Waals surface area contributed by atoms with Crippen molar-refractivity contribution >= 4 is 22.4 Å². The third-order valence-electron chi connectivity index (χ3n) is 4.86. The van der Waals surface area contributed by atoms with Crippen LogP contribution in [-0.4, -0.2) is 49.4 Å². The molecule has 1 N–H and O–H groups in total. The van der Waals surface area contributed by atoms with Gasteiger partial charge in [0.15, 0.2) is 5.79 Å². The molecule has 1 amide bonds. The Bertz CT molecular complexity index is 725. The van der Waals surface area contributed by atoms with Gasteiger partial charge in [-0.25, -0.2) is 0 Å². The van der Waals surface area contributed by atoms with Crippen molar-refractivity contribution in [1.29, 1.82) is 0 Å². The van der Waals surface area contributed by atoms with Crippen LogP contribution in [0.3, 0.4) is 0 Å². The molecule has 0 unspecified atom stereocenters. The van der Waals surface area contributed by atoms with Gasteiger partial charge in [-0.2, -0.15) is 0 Å². The van der Waals surface area contributed by atoms with E-state index in [4.69, 9.17) is 9.47 Å². The lowest BCUT2D eigenvalue weighted by Gasteiger charge is -2.37. The van der Waals surface area contributed by atoms with Crippen LogP contribution < -0.4 is 5.32 Å². The Hall–Kier alpha value is -1.95. The summed E-state index contributed by atoms with van der Waals surface area (Å²) in [7, 11) is 0. The number of carbonyl (C=O) groups is 1. The summed E-state index contributed by atoms with van der Waals surface area (Å²) in [6, 6.07) is 14.1. The summed E-state index contributed by atoms with van der Waals surface area (Å²) in [5, 5.41) is 5.25. The lowest BCUT2D eigenvalue weighted by Crippen LogP contribution is -2.47. The summed E-state index contributed by atoms with van der Waals surface area (Å²) >= 11 is 0. The zero-order valence-electron chi connectivity index (χ0n) is 13.7. The van der Waals surface area contributed by atoms with Crippen molar-refractivity contribution in [3.63, 3.8) is 0 Å². The van der Waals surface area contributed by atoms with Gasteiger partial charge in [-0.3, -0.25) is 9.69 Å². The third-order valence-corrected chi connectivity index (χ3v) is 4.86. The highest BCUT2D eigenvalue weighted by atomic mass is 16.7. The molecule has 0 radical (unpaired) electrons. The molecule has 2 aromatic carbocycles. The molecule has 0 saturated carbocycles. The van der Waals surface area contributed by atoms with Gasteiger partial charge in [0.1, 0.15) is 0 Å². The topological polar surface area (TPSA) is 50.8 Å². The second kappa shape index (κ2) is 6.51. The highest BCUT2D eigenvalue weighted by molar-refractivity contribution is 6.02. The molecule has 2 aliphatic rings. The fraction of sp³-hybridized carbons (Fsp3) is 0.421. The van der Waals surface area contributed by atoms with E-state index in [1.807, 2.05) is 30.3 Å². The molecule has 5 nitrogen and oxygen atoms in total. The van der Waals surface area contributed by atoms with E-state index in [9.17, 15) is 4.79 Å². The number of nitrogens with zero attached hydrogens (tertiary/aromatic N) is 1. The lowest BCUT2D eigenvalue weighted by atomic mass is 10.0. The Morgan fingerprint density at radius 2 is 1.75 bits per heavy atom. The number of benzene rings is 2. The Kier molecular flexibility index (Phi) is 4.22. The summed E-state index contributed by atoms with van der Waals surface area (Å²) in [6.07, 6.45) is 1.66. The number of fused-ring (bicyclic) bond motifs is 1. The molecule has 0 atom stereocenters. The van der Waals surface area contributed by atoms with Crippen LogP contribution in [0, 0.1) is 0 Å². The fourth-order valence-corrected chi connectivity index (χ4v) is 3.56. The standard InChI is InChI=1S/C19H22N2O3/c22-18(14-21-10-8-19(9-11-21)23-12-13-24-19)20-17-7-3-5-15-4-1-2-6-16(15)17/h1-7H,8-14H2,(H,20,22). The Morgan fingerprint density at radius 3 is 2.54 bits per heavy atom. The summed E-state index contributed by atoms with van der Waals surface area (Å²) in [6.45, 7) is 3.41. The largest absolute Gasteiger partial charge is 0.347 e. The summed E-state index contributed by atoms with van der Waals surface area (Å²) < 4.78 is 11.5. The predicted octanol–water partition coefficient (Wildman–Crippen LogP) is 2.62. The average Bonchev–Trinajstić information content (AvgIpc) is 3.06. The molecule has 2 fully saturated rings. The number of likely N-dealkylation sites (tertiary alicyclic amines) is 1. The van der Waals surface area contributed by atoms with E-state index in [1.165, 1.54) is 0 Å². The summed E-state index contributed by atoms with van der Waals surface area (Å²) in [5.41, 5.74) is 0.869. The number of hydrogen-bond acceptors (Lipinski definition) is 4. The number of anilines is 1. The van der Waals surface area contributed by atoms with Gasteiger partial charge in [-0.15, -0.1) is 0 Å². The van der Waals surface area contributed by atoms with Gasteiger partial charge >= 0.3 is 0 Å². The minimum Gasteiger partial charge on any atom is -0.347 e. The molecule has 2 aliphatic heterocycles. The predicted molar refractivity (Wildman–Crippen MR) is 92.9 cm³/mol. The molecule has 0 bridgehead atoms. The van der Waals surface area contributed by atoms with Crippen LogP contribution in [0.4, 0.5) is 5.69 Å². The number of amides is 1. The lowest BCUT2D eigenvalue weighted by molar-refractivity contribution is -0.185. The van der Waals surface area contributed by atoms with Gasteiger partial charge < -0.3 is 14.8 Å². The Morgan fingerprint density at radius 1 is 1.04 bits per heavy atom. The molecule has 0 aliphatic carbocycles. The van der Waals surface area contributed by atoms with Crippen molar-refractivity contribution in [2.75, 3.05) is 38.2 Å².